The second kappa shape index (κ2) is 7.97. The van der Waals surface area contributed by atoms with E-state index in [-0.39, 0.29) is 12.1 Å². The summed E-state index contributed by atoms with van der Waals surface area (Å²) >= 11 is 6.10. The summed E-state index contributed by atoms with van der Waals surface area (Å²) in [5.41, 5.74) is 0.909. The topological polar surface area (TPSA) is 67.4 Å². The van der Waals surface area contributed by atoms with E-state index in [1.807, 2.05) is 24.3 Å². The highest BCUT2D eigenvalue weighted by atomic mass is 35.5. The molecular formula is C17H19ClN4O2. The summed E-state index contributed by atoms with van der Waals surface area (Å²) in [6, 6.07) is 9.55. The first-order valence-corrected chi connectivity index (χ1v) is 8.30. The fraction of sp³-hybridized carbons (Fsp3) is 0.353. The number of ether oxygens (including phenoxy) is 1. The first-order chi connectivity index (χ1) is 11.7. The number of piperidine rings is 1. The van der Waals surface area contributed by atoms with Crippen molar-refractivity contribution in [2.24, 2.45) is 0 Å². The van der Waals surface area contributed by atoms with Crippen LogP contribution >= 0.6 is 11.6 Å². The Balaban J connectivity index is 1.44. The van der Waals surface area contributed by atoms with E-state index in [4.69, 9.17) is 16.3 Å². The van der Waals surface area contributed by atoms with Crippen LogP contribution in [0.15, 0.2) is 42.7 Å². The molecule has 0 radical (unpaired) electrons. The van der Waals surface area contributed by atoms with Crippen molar-refractivity contribution >= 4 is 17.6 Å². The predicted octanol–water partition coefficient (Wildman–Crippen LogP) is 2.88. The maximum Gasteiger partial charge on any atom is 0.317 e. The summed E-state index contributed by atoms with van der Waals surface area (Å²) in [6.45, 7) is 1.71. The summed E-state index contributed by atoms with van der Waals surface area (Å²) < 4.78 is 5.73. The Bertz CT molecular complexity index is 675. The van der Waals surface area contributed by atoms with Crippen LogP contribution in [-0.2, 0) is 6.54 Å². The molecule has 0 atom stereocenters. The first kappa shape index (κ1) is 16.5. The van der Waals surface area contributed by atoms with E-state index >= 15 is 0 Å². The van der Waals surface area contributed by atoms with Gasteiger partial charge < -0.3 is 15.0 Å². The van der Waals surface area contributed by atoms with Crippen LogP contribution in [0.5, 0.6) is 6.01 Å². The van der Waals surface area contributed by atoms with Crippen molar-refractivity contribution in [3.8, 4) is 6.01 Å². The van der Waals surface area contributed by atoms with Gasteiger partial charge in [0, 0.05) is 49.9 Å². The minimum absolute atomic E-state index is 0.0417. The second-order valence-corrected chi connectivity index (χ2v) is 5.99. The van der Waals surface area contributed by atoms with E-state index in [0.717, 1.165) is 18.4 Å². The third-order valence-electron chi connectivity index (χ3n) is 3.93. The van der Waals surface area contributed by atoms with Gasteiger partial charge in [-0.1, -0.05) is 29.8 Å². The van der Waals surface area contributed by atoms with E-state index in [1.54, 1.807) is 23.4 Å². The maximum absolute atomic E-state index is 12.3. The molecule has 0 spiro atoms. The molecule has 2 heterocycles. The molecule has 1 fully saturated rings. The van der Waals surface area contributed by atoms with E-state index < -0.39 is 0 Å². The van der Waals surface area contributed by atoms with Crippen LogP contribution in [0.2, 0.25) is 5.02 Å². The molecule has 0 saturated carbocycles. The molecular weight excluding hydrogens is 328 g/mol. The van der Waals surface area contributed by atoms with Crippen LogP contribution in [0.4, 0.5) is 4.79 Å². The second-order valence-electron chi connectivity index (χ2n) is 5.59. The Kier molecular flexibility index (Phi) is 5.48. The van der Waals surface area contributed by atoms with Gasteiger partial charge in [0.15, 0.2) is 0 Å². The SMILES string of the molecule is O=C(NCc1ccccc1Cl)N1CCC(Oc2ncccn2)CC1. The summed E-state index contributed by atoms with van der Waals surface area (Å²) in [4.78, 5) is 22.2. The van der Waals surface area contributed by atoms with Gasteiger partial charge in [0.25, 0.3) is 0 Å². The average molecular weight is 347 g/mol. The number of benzene rings is 1. The highest BCUT2D eigenvalue weighted by Gasteiger charge is 2.24. The lowest BCUT2D eigenvalue weighted by atomic mass is 10.1. The van der Waals surface area contributed by atoms with Gasteiger partial charge in [-0.05, 0) is 17.7 Å². The molecule has 1 saturated heterocycles. The van der Waals surface area contributed by atoms with Gasteiger partial charge in [-0.15, -0.1) is 0 Å². The first-order valence-electron chi connectivity index (χ1n) is 7.92. The van der Waals surface area contributed by atoms with Crippen LogP contribution in [0, 0.1) is 0 Å². The molecule has 1 N–H and O–H groups in total. The normalized spacial score (nSPS) is 15.1. The van der Waals surface area contributed by atoms with Crippen LogP contribution in [0.1, 0.15) is 18.4 Å². The molecule has 2 amide bonds. The van der Waals surface area contributed by atoms with E-state index in [0.29, 0.717) is 30.7 Å². The van der Waals surface area contributed by atoms with Gasteiger partial charge in [-0.2, -0.15) is 0 Å². The van der Waals surface area contributed by atoms with Crippen LogP contribution in [0.3, 0.4) is 0 Å². The number of hydrogen-bond acceptors (Lipinski definition) is 4. The van der Waals surface area contributed by atoms with E-state index in [2.05, 4.69) is 15.3 Å². The molecule has 1 aromatic heterocycles. The van der Waals surface area contributed by atoms with Crippen molar-refractivity contribution in [3.05, 3.63) is 53.3 Å². The summed E-state index contributed by atoms with van der Waals surface area (Å²) in [5.74, 6) is 0. The van der Waals surface area contributed by atoms with Crippen molar-refractivity contribution in [1.82, 2.24) is 20.2 Å². The van der Waals surface area contributed by atoms with Crippen LogP contribution in [0.25, 0.3) is 0 Å². The quantitative estimate of drug-likeness (QED) is 0.924. The number of nitrogens with one attached hydrogen (secondary N) is 1. The molecule has 126 valence electrons. The van der Waals surface area contributed by atoms with Crippen molar-refractivity contribution in [2.75, 3.05) is 13.1 Å². The van der Waals surface area contributed by atoms with Crippen molar-refractivity contribution in [1.29, 1.82) is 0 Å². The largest absolute Gasteiger partial charge is 0.460 e. The highest BCUT2D eigenvalue weighted by Crippen LogP contribution is 2.17. The minimum Gasteiger partial charge on any atom is -0.460 e. The number of rotatable bonds is 4. The fourth-order valence-electron chi connectivity index (χ4n) is 2.60. The molecule has 6 nitrogen and oxygen atoms in total. The van der Waals surface area contributed by atoms with E-state index in [1.165, 1.54) is 0 Å². The van der Waals surface area contributed by atoms with Gasteiger partial charge in [-0.25, -0.2) is 14.8 Å². The van der Waals surface area contributed by atoms with Gasteiger partial charge in [0.1, 0.15) is 6.10 Å². The highest BCUT2D eigenvalue weighted by molar-refractivity contribution is 6.31. The Hall–Kier alpha value is -2.34. The van der Waals surface area contributed by atoms with Crippen molar-refractivity contribution in [3.63, 3.8) is 0 Å². The third-order valence-corrected chi connectivity index (χ3v) is 4.30. The molecule has 24 heavy (non-hydrogen) atoms. The van der Waals surface area contributed by atoms with Gasteiger partial charge in [0.05, 0.1) is 0 Å². The third kappa shape index (κ3) is 4.35. The lowest BCUT2D eigenvalue weighted by molar-refractivity contribution is 0.103. The molecule has 1 aliphatic heterocycles. The summed E-state index contributed by atoms with van der Waals surface area (Å²) in [6.07, 6.45) is 4.87. The standard InChI is InChI=1S/C17H19ClN4O2/c18-15-5-2-1-4-13(15)12-21-17(23)22-10-6-14(7-11-22)24-16-19-8-3-9-20-16/h1-5,8-9,14H,6-7,10-12H2,(H,21,23). The zero-order valence-electron chi connectivity index (χ0n) is 13.2. The molecule has 7 heteroatoms. The number of nitrogens with zero attached hydrogens (tertiary/aromatic N) is 3. The zero-order chi connectivity index (χ0) is 16.8. The molecule has 1 aromatic carbocycles. The van der Waals surface area contributed by atoms with E-state index in [9.17, 15) is 4.79 Å². The number of carbonyl (C=O) groups excluding carboxylic acids is 1. The summed E-state index contributed by atoms with van der Waals surface area (Å²) in [5, 5.41) is 3.57. The predicted molar refractivity (Wildman–Crippen MR) is 90.9 cm³/mol. The Morgan fingerprint density at radius 2 is 1.92 bits per heavy atom. The Morgan fingerprint density at radius 3 is 2.62 bits per heavy atom. The number of aromatic nitrogens is 2. The lowest BCUT2D eigenvalue weighted by Crippen LogP contribution is -2.46. The lowest BCUT2D eigenvalue weighted by Gasteiger charge is -2.31. The number of carbonyl (C=O) groups is 1. The molecule has 0 bridgehead atoms. The Labute approximate surface area is 145 Å². The van der Waals surface area contributed by atoms with Gasteiger partial charge in [-0.3, -0.25) is 0 Å². The number of halogens is 1. The minimum atomic E-state index is -0.0793. The monoisotopic (exact) mass is 346 g/mol. The maximum atomic E-state index is 12.3. The Morgan fingerprint density at radius 1 is 1.21 bits per heavy atom. The zero-order valence-corrected chi connectivity index (χ0v) is 13.9. The van der Waals surface area contributed by atoms with Gasteiger partial charge >= 0.3 is 12.0 Å². The number of urea groups is 1. The average Bonchev–Trinajstić information content (AvgIpc) is 2.62. The smallest absolute Gasteiger partial charge is 0.317 e. The molecule has 0 aliphatic carbocycles. The number of hydrogen-bond donors (Lipinski definition) is 1. The van der Waals surface area contributed by atoms with Gasteiger partial charge in [0.2, 0.25) is 0 Å². The van der Waals surface area contributed by atoms with Crippen LogP contribution < -0.4 is 10.1 Å². The molecule has 1 aliphatic rings. The number of amides is 2. The van der Waals surface area contributed by atoms with Crippen LogP contribution in [-0.4, -0.2) is 40.1 Å². The fourth-order valence-corrected chi connectivity index (χ4v) is 2.80. The molecule has 2 aromatic rings. The summed E-state index contributed by atoms with van der Waals surface area (Å²) in [7, 11) is 0. The molecule has 0 unspecified atom stereocenters. The van der Waals surface area contributed by atoms with Crippen molar-refractivity contribution < 1.29 is 9.53 Å². The molecule has 3 rings (SSSR count). The number of likely N-dealkylation sites (tertiary alicyclic amines) is 1. The van der Waals surface area contributed by atoms with Crippen molar-refractivity contribution in [2.45, 2.75) is 25.5 Å².